The first-order chi connectivity index (χ1) is 9.93. The summed E-state index contributed by atoms with van der Waals surface area (Å²) < 4.78 is 5.59. The lowest BCUT2D eigenvalue weighted by molar-refractivity contribution is 0.348. The molecule has 20 heavy (non-hydrogen) atoms. The number of benzene rings is 1. The SMILES string of the molecule is c1ccc(-c2ncncn2)c(NCOc2ccsc2)c1. The van der Waals surface area contributed by atoms with Gasteiger partial charge in [-0.05, 0) is 23.6 Å². The van der Waals surface area contributed by atoms with Gasteiger partial charge in [0.25, 0.3) is 0 Å². The summed E-state index contributed by atoms with van der Waals surface area (Å²) in [6.07, 6.45) is 2.97. The third-order valence-electron chi connectivity index (χ3n) is 2.66. The van der Waals surface area contributed by atoms with Gasteiger partial charge >= 0.3 is 0 Å². The molecule has 0 bridgehead atoms. The van der Waals surface area contributed by atoms with E-state index in [1.54, 1.807) is 11.3 Å². The monoisotopic (exact) mass is 284 g/mol. The standard InChI is InChI=1S/C14H12N4OS/c1-2-4-13(18-10-19-11-5-6-20-7-11)12(3-1)14-16-8-15-9-17-14/h1-9,18H,10H2. The molecule has 0 unspecified atom stereocenters. The highest BCUT2D eigenvalue weighted by Gasteiger charge is 2.06. The van der Waals surface area contributed by atoms with Gasteiger partial charge in [-0.25, -0.2) is 15.0 Å². The van der Waals surface area contributed by atoms with Gasteiger partial charge in [0.1, 0.15) is 18.4 Å². The largest absolute Gasteiger partial charge is 0.472 e. The van der Waals surface area contributed by atoms with Crippen LogP contribution in [0.4, 0.5) is 5.69 Å². The number of aromatic nitrogens is 3. The summed E-state index contributed by atoms with van der Waals surface area (Å²) >= 11 is 1.61. The van der Waals surface area contributed by atoms with Crippen molar-refractivity contribution in [2.45, 2.75) is 0 Å². The van der Waals surface area contributed by atoms with Crippen LogP contribution >= 0.6 is 11.3 Å². The molecule has 2 aromatic heterocycles. The quantitative estimate of drug-likeness (QED) is 0.730. The van der Waals surface area contributed by atoms with E-state index >= 15 is 0 Å². The normalized spacial score (nSPS) is 10.2. The van der Waals surface area contributed by atoms with Gasteiger partial charge in [0, 0.05) is 16.6 Å². The predicted molar refractivity (Wildman–Crippen MR) is 78.7 cm³/mol. The number of nitrogens with one attached hydrogen (secondary N) is 1. The Hall–Kier alpha value is -2.47. The van der Waals surface area contributed by atoms with E-state index in [1.807, 2.05) is 41.1 Å². The lowest BCUT2D eigenvalue weighted by Gasteiger charge is -2.11. The maximum atomic E-state index is 5.59. The molecule has 0 aliphatic heterocycles. The first-order valence-corrected chi connectivity index (χ1v) is 6.98. The third-order valence-corrected chi connectivity index (χ3v) is 3.32. The van der Waals surface area contributed by atoms with Crippen molar-refractivity contribution in [2.24, 2.45) is 0 Å². The van der Waals surface area contributed by atoms with Crippen molar-refractivity contribution in [3.05, 3.63) is 53.7 Å². The van der Waals surface area contributed by atoms with E-state index in [0.717, 1.165) is 17.0 Å². The molecule has 0 radical (unpaired) electrons. The van der Waals surface area contributed by atoms with E-state index < -0.39 is 0 Å². The number of para-hydroxylation sites is 1. The first-order valence-electron chi connectivity index (χ1n) is 6.04. The van der Waals surface area contributed by atoms with Crippen LogP contribution < -0.4 is 10.1 Å². The molecule has 0 spiro atoms. The summed E-state index contributed by atoms with van der Waals surface area (Å²) in [5.41, 5.74) is 1.85. The van der Waals surface area contributed by atoms with Crippen LogP contribution in [-0.4, -0.2) is 21.7 Å². The maximum Gasteiger partial charge on any atom is 0.164 e. The second kappa shape index (κ2) is 6.12. The summed E-state index contributed by atoms with van der Waals surface area (Å²) in [6, 6.07) is 9.77. The Morgan fingerprint density at radius 3 is 2.75 bits per heavy atom. The number of rotatable bonds is 5. The van der Waals surface area contributed by atoms with Crippen molar-refractivity contribution in [1.29, 1.82) is 0 Å². The number of hydrogen-bond donors (Lipinski definition) is 1. The molecule has 0 aliphatic rings. The molecule has 3 rings (SSSR count). The molecule has 5 nitrogen and oxygen atoms in total. The van der Waals surface area contributed by atoms with Gasteiger partial charge < -0.3 is 10.1 Å². The Kier molecular flexibility index (Phi) is 3.84. The summed E-state index contributed by atoms with van der Waals surface area (Å²) in [4.78, 5) is 12.2. The molecule has 0 fully saturated rings. The Labute approximate surface area is 120 Å². The minimum atomic E-state index is 0.388. The summed E-state index contributed by atoms with van der Waals surface area (Å²) in [5, 5.41) is 7.17. The maximum absolute atomic E-state index is 5.59. The summed E-state index contributed by atoms with van der Waals surface area (Å²) in [6.45, 7) is 0.388. The average molecular weight is 284 g/mol. The van der Waals surface area contributed by atoms with Crippen molar-refractivity contribution >= 4 is 17.0 Å². The van der Waals surface area contributed by atoms with Crippen LogP contribution in [0.1, 0.15) is 0 Å². The van der Waals surface area contributed by atoms with Crippen LogP contribution in [0.2, 0.25) is 0 Å². The van der Waals surface area contributed by atoms with E-state index in [1.165, 1.54) is 12.7 Å². The number of thiophene rings is 1. The Morgan fingerprint density at radius 2 is 1.95 bits per heavy atom. The molecule has 0 saturated heterocycles. The highest BCUT2D eigenvalue weighted by Crippen LogP contribution is 2.24. The minimum Gasteiger partial charge on any atom is -0.472 e. The van der Waals surface area contributed by atoms with Crippen LogP contribution in [-0.2, 0) is 0 Å². The van der Waals surface area contributed by atoms with Crippen LogP contribution in [0.5, 0.6) is 5.75 Å². The highest BCUT2D eigenvalue weighted by atomic mass is 32.1. The lowest BCUT2D eigenvalue weighted by atomic mass is 10.1. The molecule has 0 aliphatic carbocycles. The van der Waals surface area contributed by atoms with E-state index in [0.29, 0.717) is 12.6 Å². The molecule has 0 saturated carbocycles. The molecular weight excluding hydrogens is 272 g/mol. The van der Waals surface area contributed by atoms with E-state index in [9.17, 15) is 0 Å². The van der Waals surface area contributed by atoms with Gasteiger partial charge in [-0.3, -0.25) is 0 Å². The zero-order valence-corrected chi connectivity index (χ0v) is 11.4. The first kappa shape index (κ1) is 12.6. The molecule has 1 aromatic carbocycles. The van der Waals surface area contributed by atoms with Gasteiger partial charge in [-0.2, -0.15) is 0 Å². The van der Waals surface area contributed by atoms with Crippen LogP contribution in [0.3, 0.4) is 0 Å². The number of nitrogens with zero attached hydrogens (tertiary/aromatic N) is 3. The van der Waals surface area contributed by atoms with E-state index in [-0.39, 0.29) is 0 Å². The highest BCUT2D eigenvalue weighted by molar-refractivity contribution is 7.08. The van der Waals surface area contributed by atoms with E-state index in [4.69, 9.17) is 4.74 Å². The number of hydrogen-bond acceptors (Lipinski definition) is 6. The Morgan fingerprint density at radius 1 is 1.10 bits per heavy atom. The molecule has 6 heteroatoms. The van der Waals surface area contributed by atoms with Gasteiger partial charge in [-0.15, -0.1) is 11.3 Å². The van der Waals surface area contributed by atoms with Crippen LogP contribution in [0, 0.1) is 0 Å². The molecule has 100 valence electrons. The van der Waals surface area contributed by atoms with Crippen molar-refractivity contribution < 1.29 is 4.74 Å². The van der Waals surface area contributed by atoms with Gasteiger partial charge in [0.15, 0.2) is 12.6 Å². The predicted octanol–water partition coefficient (Wildman–Crippen LogP) is 3.05. The zero-order valence-electron chi connectivity index (χ0n) is 10.6. The Bertz CT molecular complexity index is 658. The van der Waals surface area contributed by atoms with Crippen molar-refractivity contribution in [1.82, 2.24) is 15.0 Å². The fourth-order valence-corrected chi connectivity index (χ4v) is 2.31. The van der Waals surface area contributed by atoms with Crippen molar-refractivity contribution in [2.75, 3.05) is 12.0 Å². The zero-order chi connectivity index (χ0) is 13.6. The molecular formula is C14H12N4OS. The van der Waals surface area contributed by atoms with Gasteiger partial charge in [0.05, 0.1) is 0 Å². The van der Waals surface area contributed by atoms with Crippen LogP contribution in [0.15, 0.2) is 53.7 Å². The number of ether oxygens (including phenoxy) is 1. The third kappa shape index (κ3) is 2.92. The topological polar surface area (TPSA) is 59.9 Å². The Balaban J connectivity index is 1.73. The average Bonchev–Trinajstić information content (AvgIpc) is 3.02. The molecule has 0 amide bonds. The van der Waals surface area contributed by atoms with E-state index in [2.05, 4.69) is 20.3 Å². The fourth-order valence-electron chi connectivity index (χ4n) is 1.74. The van der Waals surface area contributed by atoms with Gasteiger partial charge in [-0.1, -0.05) is 12.1 Å². The second-order valence-corrected chi connectivity index (χ2v) is 4.71. The molecule has 0 atom stereocenters. The minimum absolute atomic E-state index is 0.388. The van der Waals surface area contributed by atoms with Crippen molar-refractivity contribution in [3.8, 4) is 17.1 Å². The van der Waals surface area contributed by atoms with Gasteiger partial charge in [0.2, 0.25) is 0 Å². The van der Waals surface area contributed by atoms with Crippen LogP contribution in [0.25, 0.3) is 11.4 Å². The molecule has 1 N–H and O–H groups in total. The number of anilines is 1. The summed E-state index contributed by atoms with van der Waals surface area (Å²) in [7, 11) is 0. The fraction of sp³-hybridized carbons (Fsp3) is 0.0714. The molecule has 3 aromatic rings. The second-order valence-electron chi connectivity index (χ2n) is 3.93. The molecule has 2 heterocycles. The lowest BCUT2D eigenvalue weighted by Crippen LogP contribution is -2.09. The van der Waals surface area contributed by atoms with Crippen molar-refractivity contribution in [3.63, 3.8) is 0 Å². The smallest absolute Gasteiger partial charge is 0.164 e. The summed E-state index contributed by atoms with van der Waals surface area (Å²) in [5.74, 6) is 1.50.